The Morgan fingerprint density at radius 2 is 2.11 bits per heavy atom. The molecule has 1 aromatic rings. The fourth-order valence-corrected chi connectivity index (χ4v) is 1.18. The van der Waals surface area contributed by atoms with E-state index in [2.05, 4.69) is 20.6 Å². The molecule has 0 fully saturated rings. The molecular formula is C10H14F3N5O. The molecule has 19 heavy (non-hydrogen) atoms. The van der Waals surface area contributed by atoms with Crippen LogP contribution in [0.4, 0.5) is 24.8 Å². The van der Waals surface area contributed by atoms with Gasteiger partial charge >= 0.3 is 6.18 Å². The summed E-state index contributed by atoms with van der Waals surface area (Å²) in [5.41, 5.74) is 5.25. The number of anilines is 2. The number of carbonyl (C=O) groups is 1. The summed E-state index contributed by atoms with van der Waals surface area (Å²) in [7, 11) is 0. The number of amides is 1. The molecule has 6 nitrogen and oxygen atoms in total. The summed E-state index contributed by atoms with van der Waals surface area (Å²) in [5.74, 6) is -2.15. The third kappa shape index (κ3) is 4.98. The molecule has 0 aliphatic carbocycles. The van der Waals surface area contributed by atoms with E-state index in [-0.39, 0.29) is 24.1 Å². The highest BCUT2D eigenvalue weighted by Crippen LogP contribution is 2.27. The summed E-state index contributed by atoms with van der Waals surface area (Å²) >= 11 is 0. The predicted molar refractivity (Wildman–Crippen MR) is 63.2 cm³/mol. The van der Waals surface area contributed by atoms with Gasteiger partial charge in [-0.25, -0.2) is 9.97 Å². The van der Waals surface area contributed by atoms with Crippen LogP contribution >= 0.6 is 0 Å². The number of alkyl halides is 3. The van der Waals surface area contributed by atoms with Crippen molar-refractivity contribution in [2.75, 3.05) is 24.1 Å². The molecule has 0 spiro atoms. The monoisotopic (exact) mass is 277 g/mol. The number of nitrogens with zero attached hydrogens (tertiary/aromatic N) is 2. The maximum atomic E-state index is 12.4. The topological polar surface area (TPSA) is 92.9 Å². The molecule has 1 amide bonds. The SMILES string of the molecule is CCCNC(=O)CNc1cc(N)nc(C(F)(F)F)n1. The number of nitrogen functional groups attached to an aromatic ring is 1. The quantitative estimate of drug-likeness (QED) is 0.747. The number of hydrogen-bond acceptors (Lipinski definition) is 5. The Bertz CT molecular complexity index is 449. The van der Waals surface area contributed by atoms with E-state index in [0.717, 1.165) is 12.5 Å². The fourth-order valence-electron chi connectivity index (χ4n) is 1.18. The standard InChI is InChI=1S/C10H14F3N5O/c1-2-3-15-8(19)5-16-7-4-6(14)17-9(18-7)10(11,12)13/h4H,2-3,5H2,1H3,(H,15,19)(H3,14,16,17,18). The number of hydrogen-bond donors (Lipinski definition) is 3. The Morgan fingerprint density at radius 1 is 1.42 bits per heavy atom. The van der Waals surface area contributed by atoms with Gasteiger partial charge in [0.2, 0.25) is 11.7 Å². The van der Waals surface area contributed by atoms with Crippen LogP contribution in [0.15, 0.2) is 6.07 Å². The molecule has 1 rings (SSSR count). The minimum Gasteiger partial charge on any atom is -0.384 e. The average molecular weight is 277 g/mol. The van der Waals surface area contributed by atoms with Gasteiger partial charge in [-0.2, -0.15) is 13.2 Å². The van der Waals surface area contributed by atoms with Gasteiger partial charge < -0.3 is 16.4 Å². The van der Waals surface area contributed by atoms with Crippen molar-refractivity contribution < 1.29 is 18.0 Å². The lowest BCUT2D eigenvalue weighted by Crippen LogP contribution is -2.30. The van der Waals surface area contributed by atoms with Crippen molar-refractivity contribution >= 4 is 17.5 Å². The Morgan fingerprint density at radius 3 is 2.68 bits per heavy atom. The van der Waals surface area contributed by atoms with Crippen molar-refractivity contribution in [3.63, 3.8) is 0 Å². The number of carbonyl (C=O) groups excluding carboxylic acids is 1. The van der Waals surface area contributed by atoms with E-state index < -0.39 is 12.0 Å². The first-order chi connectivity index (χ1) is 8.82. The van der Waals surface area contributed by atoms with Crippen molar-refractivity contribution in [2.24, 2.45) is 0 Å². The van der Waals surface area contributed by atoms with E-state index in [0.29, 0.717) is 6.54 Å². The van der Waals surface area contributed by atoms with E-state index in [1.807, 2.05) is 6.92 Å². The number of halogens is 3. The van der Waals surface area contributed by atoms with Crippen LogP contribution in [-0.2, 0) is 11.0 Å². The van der Waals surface area contributed by atoms with Gasteiger partial charge in [0.05, 0.1) is 6.54 Å². The van der Waals surface area contributed by atoms with Crippen LogP contribution in [-0.4, -0.2) is 29.0 Å². The molecule has 0 saturated carbocycles. The van der Waals surface area contributed by atoms with Crippen LogP contribution < -0.4 is 16.4 Å². The molecule has 1 aromatic heterocycles. The Balaban J connectivity index is 2.69. The smallest absolute Gasteiger partial charge is 0.384 e. The van der Waals surface area contributed by atoms with Gasteiger partial charge in [-0.1, -0.05) is 6.92 Å². The lowest BCUT2D eigenvalue weighted by Gasteiger charge is -2.10. The van der Waals surface area contributed by atoms with Gasteiger partial charge in [0.1, 0.15) is 11.6 Å². The van der Waals surface area contributed by atoms with E-state index >= 15 is 0 Å². The molecule has 0 unspecified atom stereocenters. The van der Waals surface area contributed by atoms with Crippen LogP contribution in [0.3, 0.4) is 0 Å². The Labute approximate surface area is 107 Å². The van der Waals surface area contributed by atoms with Crippen LogP contribution in [0.1, 0.15) is 19.2 Å². The first-order valence-electron chi connectivity index (χ1n) is 5.55. The van der Waals surface area contributed by atoms with Gasteiger partial charge in [0.15, 0.2) is 0 Å². The molecule has 9 heteroatoms. The number of nitrogens with two attached hydrogens (primary N) is 1. The zero-order valence-electron chi connectivity index (χ0n) is 10.2. The molecule has 1 heterocycles. The molecule has 0 atom stereocenters. The van der Waals surface area contributed by atoms with Crippen LogP contribution in [0.5, 0.6) is 0 Å². The molecule has 0 aromatic carbocycles. The lowest BCUT2D eigenvalue weighted by molar-refractivity contribution is -0.144. The first kappa shape index (κ1) is 15.0. The Kier molecular flexibility index (Phi) is 4.90. The molecule has 106 valence electrons. The average Bonchev–Trinajstić information content (AvgIpc) is 2.32. The zero-order chi connectivity index (χ0) is 14.5. The zero-order valence-corrected chi connectivity index (χ0v) is 10.2. The molecule has 0 aliphatic heterocycles. The summed E-state index contributed by atoms with van der Waals surface area (Å²) < 4.78 is 37.3. The van der Waals surface area contributed by atoms with Gasteiger partial charge in [-0.3, -0.25) is 4.79 Å². The second-order valence-corrected chi connectivity index (χ2v) is 3.70. The van der Waals surface area contributed by atoms with E-state index in [1.54, 1.807) is 0 Å². The van der Waals surface area contributed by atoms with Gasteiger partial charge in [-0.15, -0.1) is 0 Å². The third-order valence-corrected chi connectivity index (χ3v) is 2.00. The lowest BCUT2D eigenvalue weighted by atomic mass is 10.4. The predicted octanol–water partition coefficient (Wildman–Crippen LogP) is 1.02. The van der Waals surface area contributed by atoms with E-state index in [1.165, 1.54) is 0 Å². The van der Waals surface area contributed by atoms with Gasteiger partial charge in [0, 0.05) is 12.6 Å². The molecule has 0 radical (unpaired) electrons. The molecule has 0 saturated heterocycles. The molecule has 0 aliphatic rings. The second-order valence-electron chi connectivity index (χ2n) is 3.70. The van der Waals surface area contributed by atoms with Crippen LogP contribution in [0.25, 0.3) is 0 Å². The largest absolute Gasteiger partial charge is 0.451 e. The summed E-state index contributed by atoms with van der Waals surface area (Å²) in [6, 6.07) is 1.13. The highest BCUT2D eigenvalue weighted by Gasteiger charge is 2.35. The molecular weight excluding hydrogens is 263 g/mol. The van der Waals surface area contributed by atoms with Crippen molar-refractivity contribution in [1.82, 2.24) is 15.3 Å². The van der Waals surface area contributed by atoms with Gasteiger partial charge in [-0.05, 0) is 6.42 Å². The van der Waals surface area contributed by atoms with Crippen molar-refractivity contribution in [3.8, 4) is 0 Å². The van der Waals surface area contributed by atoms with E-state index in [9.17, 15) is 18.0 Å². The summed E-state index contributed by atoms with van der Waals surface area (Å²) in [4.78, 5) is 17.6. The minimum absolute atomic E-state index is 0.147. The minimum atomic E-state index is -4.68. The number of nitrogens with one attached hydrogen (secondary N) is 2. The fraction of sp³-hybridized carbons (Fsp3) is 0.500. The number of aromatic nitrogens is 2. The maximum Gasteiger partial charge on any atom is 0.451 e. The van der Waals surface area contributed by atoms with E-state index in [4.69, 9.17) is 5.73 Å². The number of rotatable bonds is 5. The maximum absolute atomic E-state index is 12.4. The second kappa shape index (κ2) is 6.21. The van der Waals surface area contributed by atoms with Crippen molar-refractivity contribution in [1.29, 1.82) is 0 Å². The van der Waals surface area contributed by atoms with Crippen molar-refractivity contribution in [3.05, 3.63) is 11.9 Å². The summed E-state index contributed by atoms with van der Waals surface area (Å²) in [6.45, 7) is 2.20. The van der Waals surface area contributed by atoms with Crippen molar-refractivity contribution in [2.45, 2.75) is 19.5 Å². The summed E-state index contributed by atoms with van der Waals surface area (Å²) in [5, 5.41) is 5.03. The first-order valence-corrected chi connectivity index (χ1v) is 5.55. The molecule has 0 bridgehead atoms. The normalized spacial score (nSPS) is 11.2. The van der Waals surface area contributed by atoms with Gasteiger partial charge in [0.25, 0.3) is 0 Å². The van der Waals surface area contributed by atoms with Crippen LogP contribution in [0.2, 0.25) is 0 Å². The third-order valence-electron chi connectivity index (χ3n) is 2.00. The summed E-state index contributed by atoms with van der Waals surface area (Å²) in [6.07, 6.45) is -3.92. The Hall–Kier alpha value is -2.06. The molecule has 4 N–H and O–H groups in total. The van der Waals surface area contributed by atoms with Crippen LogP contribution in [0, 0.1) is 0 Å². The highest BCUT2D eigenvalue weighted by molar-refractivity contribution is 5.80. The highest BCUT2D eigenvalue weighted by atomic mass is 19.4.